The summed E-state index contributed by atoms with van der Waals surface area (Å²) in [5.74, 6) is 1.30. The van der Waals surface area contributed by atoms with Gasteiger partial charge in [-0.2, -0.15) is 0 Å². The van der Waals surface area contributed by atoms with E-state index in [9.17, 15) is 0 Å². The van der Waals surface area contributed by atoms with Crippen LogP contribution < -0.4 is 15.8 Å². The lowest BCUT2D eigenvalue weighted by Gasteiger charge is -2.23. The topological polar surface area (TPSA) is 75.8 Å². The van der Waals surface area contributed by atoms with Crippen LogP contribution >= 0.6 is 24.0 Å². The molecule has 1 unspecified atom stereocenters. The minimum absolute atomic E-state index is 0. The molecule has 26 heavy (non-hydrogen) atoms. The number of likely N-dealkylation sites (N-methyl/N-ethyl adjacent to an activating group) is 1. The van der Waals surface area contributed by atoms with Crippen LogP contribution in [-0.2, 0) is 6.42 Å². The molecule has 0 saturated heterocycles. The summed E-state index contributed by atoms with van der Waals surface area (Å²) in [5, 5.41) is 3.14. The van der Waals surface area contributed by atoms with Gasteiger partial charge in [0.15, 0.2) is 5.96 Å². The Kier molecular flexibility index (Phi) is 9.97. The Morgan fingerprint density at radius 1 is 1.23 bits per heavy atom. The van der Waals surface area contributed by atoms with Crippen LogP contribution in [0.2, 0.25) is 0 Å². The van der Waals surface area contributed by atoms with E-state index in [-0.39, 0.29) is 30.0 Å². The van der Waals surface area contributed by atoms with E-state index in [1.807, 2.05) is 44.4 Å². The third-order valence-corrected chi connectivity index (χ3v) is 3.97. The van der Waals surface area contributed by atoms with Crippen LogP contribution in [0.15, 0.2) is 53.7 Å². The van der Waals surface area contributed by atoms with Crippen molar-refractivity contribution in [3.8, 4) is 5.75 Å². The number of ether oxygens (including phenoxy) is 1. The number of nitrogens with zero attached hydrogens (tertiary/aromatic N) is 3. The molecule has 142 valence electrons. The first-order valence-electron chi connectivity index (χ1n) is 8.34. The Bertz CT molecular complexity index is 661. The molecule has 0 spiro atoms. The number of benzene rings is 1. The number of nitrogens with one attached hydrogen (secondary N) is 1. The molecule has 1 aromatic carbocycles. The van der Waals surface area contributed by atoms with Crippen LogP contribution in [-0.4, -0.2) is 50.1 Å². The molecule has 1 aromatic heterocycles. The number of methoxy groups -OCH3 is 1. The van der Waals surface area contributed by atoms with E-state index in [0.717, 1.165) is 17.9 Å². The summed E-state index contributed by atoms with van der Waals surface area (Å²) in [7, 11) is 5.74. The average molecular weight is 469 g/mol. The quantitative estimate of drug-likeness (QED) is 0.353. The maximum Gasteiger partial charge on any atom is 0.188 e. The van der Waals surface area contributed by atoms with Crippen molar-refractivity contribution < 1.29 is 4.74 Å². The zero-order chi connectivity index (χ0) is 18.1. The molecule has 3 N–H and O–H groups in total. The molecule has 0 fully saturated rings. The molecule has 0 amide bonds. The first-order chi connectivity index (χ1) is 12.1. The van der Waals surface area contributed by atoms with E-state index < -0.39 is 0 Å². The summed E-state index contributed by atoms with van der Waals surface area (Å²) in [5.41, 5.74) is 8.20. The van der Waals surface area contributed by atoms with Crippen LogP contribution in [0.4, 0.5) is 0 Å². The summed E-state index contributed by atoms with van der Waals surface area (Å²) in [4.78, 5) is 10.9. The van der Waals surface area contributed by atoms with E-state index >= 15 is 0 Å². The van der Waals surface area contributed by atoms with Gasteiger partial charge in [-0.25, -0.2) is 0 Å². The highest BCUT2D eigenvalue weighted by molar-refractivity contribution is 14.0. The van der Waals surface area contributed by atoms with Crippen molar-refractivity contribution >= 4 is 29.9 Å². The van der Waals surface area contributed by atoms with Crippen molar-refractivity contribution in [1.82, 2.24) is 15.2 Å². The van der Waals surface area contributed by atoms with E-state index in [1.54, 1.807) is 13.3 Å². The molecule has 0 bridgehead atoms. The van der Waals surface area contributed by atoms with E-state index in [0.29, 0.717) is 19.0 Å². The summed E-state index contributed by atoms with van der Waals surface area (Å²) in [6.07, 6.45) is 2.61. The number of halogens is 1. The molecule has 2 aromatic rings. The number of aromatic nitrogens is 1. The predicted octanol–water partition coefficient (Wildman–Crippen LogP) is 2.46. The maximum absolute atomic E-state index is 5.99. The molecule has 1 heterocycles. The van der Waals surface area contributed by atoms with Crippen LogP contribution in [0.1, 0.15) is 17.3 Å². The number of nitrogens with two attached hydrogens (primary N) is 1. The Balaban J connectivity index is 0.00000338. The number of hydrogen-bond acceptors (Lipinski definition) is 4. The second kappa shape index (κ2) is 11.7. The van der Waals surface area contributed by atoms with Crippen molar-refractivity contribution in [2.24, 2.45) is 10.7 Å². The van der Waals surface area contributed by atoms with Crippen LogP contribution in [0.5, 0.6) is 5.75 Å². The van der Waals surface area contributed by atoms with E-state index in [4.69, 9.17) is 10.5 Å². The Labute approximate surface area is 172 Å². The van der Waals surface area contributed by atoms with Gasteiger partial charge in [-0.15, -0.1) is 24.0 Å². The van der Waals surface area contributed by atoms with Crippen molar-refractivity contribution in [1.29, 1.82) is 0 Å². The second-order valence-corrected chi connectivity index (χ2v) is 5.98. The van der Waals surface area contributed by atoms with Crippen molar-refractivity contribution in [2.75, 3.05) is 34.3 Å². The van der Waals surface area contributed by atoms with Gasteiger partial charge in [0.2, 0.25) is 0 Å². The molecule has 0 aliphatic heterocycles. The lowest BCUT2D eigenvalue weighted by atomic mass is 10.1. The number of aliphatic imine (C=N–C) groups is 1. The van der Waals surface area contributed by atoms with Gasteiger partial charge in [0.1, 0.15) is 5.75 Å². The normalized spacial score (nSPS) is 12.4. The zero-order valence-corrected chi connectivity index (χ0v) is 17.9. The second-order valence-electron chi connectivity index (χ2n) is 5.98. The summed E-state index contributed by atoms with van der Waals surface area (Å²) >= 11 is 0. The molecular weight excluding hydrogens is 441 g/mol. The largest absolute Gasteiger partial charge is 0.497 e. The number of pyridine rings is 1. The van der Waals surface area contributed by atoms with Crippen molar-refractivity contribution in [3.05, 3.63) is 59.9 Å². The average Bonchev–Trinajstić information content (AvgIpc) is 2.63. The standard InChI is InChI=1S/C19H27N5O.HI/c1-24(2)18(15-7-9-17(25-3)10-8-15)14-23-19(20)22-13-11-16-6-4-5-12-21-16;/h4-10,12,18H,11,13-14H2,1-3H3,(H3,20,22,23);1H. The van der Waals surface area contributed by atoms with Gasteiger partial charge in [-0.3, -0.25) is 9.98 Å². The number of rotatable bonds is 8. The monoisotopic (exact) mass is 469 g/mol. The predicted molar refractivity (Wildman–Crippen MR) is 117 cm³/mol. The smallest absolute Gasteiger partial charge is 0.188 e. The number of guanidine groups is 1. The van der Waals surface area contributed by atoms with Gasteiger partial charge in [0.05, 0.1) is 19.7 Å². The number of hydrogen-bond donors (Lipinski definition) is 2. The Morgan fingerprint density at radius 3 is 2.54 bits per heavy atom. The van der Waals surface area contributed by atoms with Gasteiger partial charge in [0, 0.05) is 24.9 Å². The van der Waals surface area contributed by atoms with Crippen LogP contribution in [0, 0.1) is 0 Å². The molecule has 0 aliphatic carbocycles. The van der Waals surface area contributed by atoms with E-state index in [2.05, 4.69) is 32.3 Å². The first-order valence-corrected chi connectivity index (χ1v) is 8.34. The van der Waals surface area contributed by atoms with Gasteiger partial charge in [0.25, 0.3) is 0 Å². The highest BCUT2D eigenvalue weighted by Gasteiger charge is 2.13. The fourth-order valence-corrected chi connectivity index (χ4v) is 2.50. The summed E-state index contributed by atoms with van der Waals surface area (Å²) in [6, 6.07) is 14.1. The maximum atomic E-state index is 5.99. The third-order valence-electron chi connectivity index (χ3n) is 3.97. The molecule has 6 nitrogen and oxygen atoms in total. The fourth-order valence-electron chi connectivity index (χ4n) is 2.50. The highest BCUT2D eigenvalue weighted by atomic mass is 127. The summed E-state index contributed by atoms with van der Waals surface area (Å²) in [6.45, 7) is 1.29. The minimum atomic E-state index is 0. The van der Waals surface area contributed by atoms with Gasteiger partial charge in [-0.1, -0.05) is 18.2 Å². The molecule has 0 saturated carbocycles. The van der Waals surface area contributed by atoms with Crippen LogP contribution in [0.25, 0.3) is 0 Å². The lowest BCUT2D eigenvalue weighted by molar-refractivity contribution is 0.306. The first kappa shape index (κ1) is 22.2. The third kappa shape index (κ3) is 7.17. The minimum Gasteiger partial charge on any atom is -0.497 e. The highest BCUT2D eigenvalue weighted by Crippen LogP contribution is 2.21. The van der Waals surface area contributed by atoms with Crippen LogP contribution in [0.3, 0.4) is 0 Å². The Hall–Kier alpha value is -1.87. The molecule has 2 rings (SSSR count). The SMILES string of the molecule is COc1ccc(C(CN=C(N)NCCc2ccccn2)N(C)C)cc1.I. The Morgan fingerprint density at radius 2 is 1.96 bits per heavy atom. The van der Waals surface area contributed by atoms with E-state index in [1.165, 1.54) is 5.56 Å². The lowest BCUT2D eigenvalue weighted by Crippen LogP contribution is -2.34. The van der Waals surface area contributed by atoms with Crippen molar-refractivity contribution in [2.45, 2.75) is 12.5 Å². The van der Waals surface area contributed by atoms with Gasteiger partial charge < -0.3 is 20.7 Å². The molecule has 0 aliphatic rings. The molecule has 1 atom stereocenters. The van der Waals surface area contributed by atoms with Gasteiger partial charge >= 0.3 is 0 Å². The van der Waals surface area contributed by atoms with Gasteiger partial charge in [-0.05, 0) is 43.9 Å². The zero-order valence-electron chi connectivity index (χ0n) is 15.6. The van der Waals surface area contributed by atoms with Crippen molar-refractivity contribution in [3.63, 3.8) is 0 Å². The molecule has 7 heteroatoms. The molecule has 0 radical (unpaired) electrons. The molecular formula is C19H28IN5O. The summed E-state index contributed by atoms with van der Waals surface area (Å²) < 4.78 is 5.21. The fraction of sp³-hybridized carbons (Fsp3) is 0.368.